The normalized spacial score (nSPS) is 25.5. The maximum Gasteiger partial charge on any atom is 0.300 e. The van der Waals surface area contributed by atoms with Gasteiger partial charge in [0.25, 0.3) is 5.97 Å². The van der Waals surface area contributed by atoms with Crippen LogP contribution in [0.1, 0.15) is 37.3 Å². The van der Waals surface area contributed by atoms with E-state index >= 15 is 0 Å². The smallest absolute Gasteiger partial charge is 0.300 e. The van der Waals surface area contributed by atoms with E-state index < -0.39 is 12.1 Å². The van der Waals surface area contributed by atoms with Crippen molar-refractivity contribution in [1.29, 1.82) is 0 Å². The van der Waals surface area contributed by atoms with Crippen molar-refractivity contribution in [2.24, 2.45) is 11.7 Å². The molecule has 0 radical (unpaired) electrons. The van der Waals surface area contributed by atoms with Gasteiger partial charge in [0.05, 0.1) is 6.10 Å². The molecule has 0 heterocycles. The van der Waals surface area contributed by atoms with Crippen LogP contribution < -0.4 is 5.73 Å². The first-order chi connectivity index (χ1) is 11.8. The summed E-state index contributed by atoms with van der Waals surface area (Å²) in [5.41, 5.74) is 8.53. The maximum absolute atomic E-state index is 12.7. The van der Waals surface area contributed by atoms with Crippen molar-refractivity contribution in [2.75, 3.05) is 7.05 Å². The Morgan fingerprint density at radius 1 is 1.16 bits per heavy atom. The monoisotopic (exact) mass is 348 g/mol. The Morgan fingerprint density at radius 2 is 1.68 bits per heavy atom. The van der Waals surface area contributed by atoms with E-state index in [1.54, 1.807) is 0 Å². The Labute approximate surface area is 148 Å². The number of aliphatic carboxylic acids is 1. The van der Waals surface area contributed by atoms with Gasteiger partial charge < -0.3 is 20.8 Å². The van der Waals surface area contributed by atoms with Gasteiger partial charge in [0.1, 0.15) is 0 Å². The summed E-state index contributed by atoms with van der Waals surface area (Å²) in [4.78, 5) is 23.6. The average molecular weight is 348 g/mol. The predicted molar refractivity (Wildman–Crippen MR) is 95.0 cm³/mol. The molecule has 1 aromatic carbocycles. The van der Waals surface area contributed by atoms with E-state index in [0.29, 0.717) is 6.42 Å². The lowest BCUT2D eigenvalue weighted by Crippen LogP contribution is -2.47. The van der Waals surface area contributed by atoms with Crippen LogP contribution in [-0.2, 0) is 22.4 Å². The number of carboxylic acids is 1. The van der Waals surface area contributed by atoms with Crippen molar-refractivity contribution in [2.45, 2.75) is 57.2 Å². The van der Waals surface area contributed by atoms with E-state index in [2.05, 4.69) is 24.3 Å². The minimum absolute atomic E-state index is 0.0755. The third-order valence-electron chi connectivity index (χ3n) is 5.14. The first kappa shape index (κ1) is 19.4. The molecule has 0 bridgehead atoms. The Hall–Kier alpha value is -1.92. The van der Waals surface area contributed by atoms with Crippen molar-refractivity contribution in [3.63, 3.8) is 0 Å². The Bertz CT molecular complexity index is 590. The third kappa shape index (κ3) is 5.03. The molecule has 6 nitrogen and oxygen atoms in total. The lowest BCUT2D eigenvalue weighted by molar-refractivity contribution is -0.138. The van der Waals surface area contributed by atoms with Crippen LogP contribution >= 0.6 is 0 Å². The number of carbonyl (C=O) groups is 2. The van der Waals surface area contributed by atoms with Crippen LogP contribution in [0.4, 0.5) is 0 Å². The van der Waals surface area contributed by atoms with Gasteiger partial charge in [0, 0.05) is 32.0 Å². The molecule has 1 aromatic rings. The number of amides is 1. The number of carboxylic acid groups (broad SMARTS) is 1. The predicted octanol–water partition coefficient (Wildman–Crippen LogP) is 1.19. The number of benzene rings is 1. The lowest BCUT2D eigenvalue weighted by atomic mass is 9.83. The fourth-order valence-corrected chi connectivity index (χ4v) is 3.67. The Morgan fingerprint density at radius 3 is 2.16 bits per heavy atom. The molecular formula is C19H28N2O4. The number of hydrogen-bond donors (Lipinski definition) is 3. The number of nitrogens with two attached hydrogens (primary N) is 1. The van der Waals surface area contributed by atoms with Crippen molar-refractivity contribution < 1.29 is 19.8 Å². The molecule has 138 valence electrons. The van der Waals surface area contributed by atoms with Gasteiger partial charge in [-0.2, -0.15) is 0 Å². The molecule has 0 saturated heterocycles. The zero-order valence-electron chi connectivity index (χ0n) is 14.9. The van der Waals surface area contributed by atoms with Gasteiger partial charge in [-0.05, 0) is 43.2 Å². The van der Waals surface area contributed by atoms with Gasteiger partial charge in [-0.25, -0.2) is 0 Å². The number of likely N-dealkylation sites (N-methyl/N-ethyl adjacent to an activating group) is 1. The molecular weight excluding hydrogens is 320 g/mol. The van der Waals surface area contributed by atoms with Gasteiger partial charge in [-0.1, -0.05) is 24.3 Å². The topological polar surface area (TPSA) is 104 Å². The van der Waals surface area contributed by atoms with E-state index in [9.17, 15) is 9.90 Å². The van der Waals surface area contributed by atoms with Gasteiger partial charge in [0.15, 0.2) is 0 Å². The summed E-state index contributed by atoms with van der Waals surface area (Å²) in [6.45, 7) is 1.08. The first-order valence-corrected chi connectivity index (χ1v) is 8.76. The zero-order valence-corrected chi connectivity index (χ0v) is 14.9. The summed E-state index contributed by atoms with van der Waals surface area (Å²) in [6.07, 6.45) is 3.36. The summed E-state index contributed by atoms with van der Waals surface area (Å²) in [6, 6.07) is 8.50. The zero-order chi connectivity index (χ0) is 18.6. The number of rotatable bonds is 2. The molecule has 0 unspecified atom stereocenters. The molecule has 1 saturated carbocycles. The molecule has 0 spiro atoms. The van der Waals surface area contributed by atoms with Crippen LogP contribution in [0.15, 0.2) is 24.3 Å². The molecule has 3 atom stereocenters. The molecule has 1 amide bonds. The highest BCUT2D eigenvalue weighted by atomic mass is 16.4. The SMILES string of the molecule is CC(=O)O.CN(C(=O)[C@H]1CC[C@@H](N)[C@H](O)C1)C1Cc2ccccc2C1. The molecule has 2 aliphatic carbocycles. The van der Waals surface area contributed by atoms with Crippen LogP contribution in [0, 0.1) is 5.92 Å². The summed E-state index contributed by atoms with van der Waals surface area (Å²) in [5, 5.41) is 17.3. The third-order valence-corrected chi connectivity index (χ3v) is 5.14. The number of nitrogens with zero attached hydrogens (tertiary/aromatic N) is 1. The maximum atomic E-state index is 12.7. The number of carbonyl (C=O) groups excluding carboxylic acids is 1. The number of aliphatic hydroxyl groups excluding tert-OH is 1. The van der Waals surface area contributed by atoms with E-state index in [4.69, 9.17) is 15.6 Å². The number of fused-ring (bicyclic) bond motifs is 1. The molecule has 6 heteroatoms. The van der Waals surface area contributed by atoms with Crippen LogP contribution in [0.2, 0.25) is 0 Å². The van der Waals surface area contributed by atoms with Gasteiger partial charge in [-0.3, -0.25) is 9.59 Å². The summed E-state index contributed by atoms with van der Waals surface area (Å²) in [5.74, 6) is -0.743. The second-order valence-electron chi connectivity index (χ2n) is 7.04. The highest BCUT2D eigenvalue weighted by Gasteiger charge is 2.35. The molecule has 0 aromatic heterocycles. The van der Waals surface area contributed by atoms with E-state index in [1.807, 2.05) is 11.9 Å². The first-order valence-electron chi connectivity index (χ1n) is 8.76. The molecule has 4 N–H and O–H groups in total. The van der Waals surface area contributed by atoms with Crippen LogP contribution in [-0.4, -0.2) is 52.2 Å². The second kappa shape index (κ2) is 8.45. The summed E-state index contributed by atoms with van der Waals surface area (Å²) >= 11 is 0. The highest BCUT2D eigenvalue weighted by Crippen LogP contribution is 2.29. The minimum atomic E-state index is -0.833. The van der Waals surface area contributed by atoms with Crippen LogP contribution in [0.25, 0.3) is 0 Å². The second-order valence-corrected chi connectivity index (χ2v) is 7.04. The highest BCUT2D eigenvalue weighted by molar-refractivity contribution is 5.79. The van der Waals surface area contributed by atoms with Crippen LogP contribution in [0.5, 0.6) is 0 Å². The Kier molecular flexibility index (Phi) is 6.56. The fraction of sp³-hybridized carbons (Fsp3) is 0.579. The van der Waals surface area contributed by atoms with Gasteiger partial charge in [0.2, 0.25) is 5.91 Å². The standard InChI is InChI=1S/C17H24N2O2.C2H4O2/c1-19(14-8-11-4-2-3-5-12(11)9-14)17(21)13-6-7-15(18)16(20)10-13;1-2(3)4/h2-5,13-16,20H,6-10,18H2,1H3;1H3,(H,3,4)/t13-,15+,16+;/m0./s1. The quantitative estimate of drug-likeness (QED) is 0.745. The van der Waals surface area contributed by atoms with Gasteiger partial charge in [-0.15, -0.1) is 0 Å². The molecule has 25 heavy (non-hydrogen) atoms. The largest absolute Gasteiger partial charge is 0.481 e. The van der Waals surface area contributed by atoms with E-state index in [-0.39, 0.29) is 23.9 Å². The van der Waals surface area contributed by atoms with E-state index in [0.717, 1.165) is 32.6 Å². The summed E-state index contributed by atoms with van der Waals surface area (Å²) in [7, 11) is 1.90. The van der Waals surface area contributed by atoms with Crippen molar-refractivity contribution in [1.82, 2.24) is 4.90 Å². The van der Waals surface area contributed by atoms with Crippen molar-refractivity contribution in [3.05, 3.63) is 35.4 Å². The minimum Gasteiger partial charge on any atom is -0.481 e. The lowest BCUT2D eigenvalue weighted by Gasteiger charge is -2.34. The van der Waals surface area contributed by atoms with E-state index in [1.165, 1.54) is 11.1 Å². The van der Waals surface area contributed by atoms with Crippen molar-refractivity contribution >= 4 is 11.9 Å². The fourth-order valence-electron chi connectivity index (χ4n) is 3.67. The average Bonchev–Trinajstić information content (AvgIpc) is 2.99. The molecule has 1 fully saturated rings. The van der Waals surface area contributed by atoms with Gasteiger partial charge >= 0.3 is 0 Å². The van der Waals surface area contributed by atoms with Crippen LogP contribution in [0.3, 0.4) is 0 Å². The molecule has 2 aliphatic rings. The molecule has 0 aliphatic heterocycles. The Balaban J connectivity index is 0.000000511. The summed E-state index contributed by atoms with van der Waals surface area (Å²) < 4.78 is 0. The number of aliphatic hydroxyl groups is 1. The number of hydrogen-bond acceptors (Lipinski definition) is 4. The van der Waals surface area contributed by atoms with Crippen molar-refractivity contribution in [3.8, 4) is 0 Å². The molecule has 3 rings (SSSR count).